The van der Waals surface area contributed by atoms with E-state index in [0.717, 1.165) is 12.1 Å². The van der Waals surface area contributed by atoms with Crippen molar-refractivity contribution in [1.29, 1.82) is 0 Å². The van der Waals surface area contributed by atoms with Gasteiger partial charge in [0.2, 0.25) is 5.91 Å². The largest absolute Gasteiger partial charge is 0.457 e. The number of likely N-dealkylation sites (tertiary alicyclic amines) is 2. The molecule has 3 amide bonds. The number of rotatable bonds is 6. The Morgan fingerprint density at radius 3 is 2.53 bits per heavy atom. The van der Waals surface area contributed by atoms with E-state index in [1.165, 1.54) is 4.57 Å². The molecular weight excluding hydrogens is 442 g/mol. The van der Waals surface area contributed by atoms with E-state index in [-0.39, 0.29) is 37.1 Å². The smallest absolute Gasteiger partial charge is 0.410 e. The van der Waals surface area contributed by atoms with Crippen LogP contribution < -0.4 is 0 Å². The summed E-state index contributed by atoms with van der Waals surface area (Å²) in [6, 6.07) is -0.170. The second-order valence-corrected chi connectivity index (χ2v) is 10.0. The number of nitrogens with zero attached hydrogens (tertiary/aromatic N) is 5. The molecule has 0 N–H and O–H groups in total. The van der Waals surface area contributed by atoms with Crippen molar-refractivity contribution in [2.45, 2.75) is 77.7 Å². The molecule has 34 heavy (non-hydrogen) atoms. The maximum absolute atomic E-state index is 13.1. The van der Waals surface area contributed by atoms with Crippen LogP contribution in [-0.2, 0) is 32.2 Å². The number of piperidine rings is 1. The molecule has 11 heteroatoms. The summed E-state index contributed by atoms with van der Waals surface area (Å²) in [6.45, 7) is 7.95. The second-order valence-electron chi connectivity index (χ2n) is 10.0. The van der Waals surface area contributed by atoms with Crippen molar-refractivity contribution in [3.05, 3.63) is 17.7 Å². The Kier molecular flexibility index (Phi) is 6.81. The molecule has 3 aliphatic heterocycles. The summed E-state index contributed by atoms with van der Waals surface area (Å²) >= 11 is 0. The van der Waals surface area contributed by atoms with Gasteiger partial charge >= 0.3 is 18.1 Å². The number of ether oxygens (including phenoxy) is 2. The fourth-order valence-electron chi connectivity index (χ4n) is 4.60. The lowest BCUT2D eigenvalue weighted by atomic mass is 10.0. The van der Waals surface area contributed by atoms with Crippen LogP contribution in [0.1, 0.15) is 64.4 Å². The van der Waals surface area contributed by atoms with Crippen molar-refractivity contribution in [2.75, 3.05) is 26.2 Å². The van der Waals surface area contributed by atoms with Gasteiger partial charge in [-0.3, -0.25) is 9.59 Å². The average molecular weight is 476 g/mol. The second kappa shape index (κ2) is 9.63. The van der Waals surface area contributed by atoms with Gasteiger partial charge in [0.05, 0.1) is 24.9 Å². The number of carbonyl (C=O) groups excluding carboxylic acids is 4. The molecular formula is C23H33N5O6. The van der Waals surface area contributed by atoms with Crippen LogP contribution in [0.2, 0.25) is 0 Å². The van der Waals surface area contributed by atoms with Gasteiger partial charge in [0.1, 0.15) is 12.2 Å². The van der Waals surface area contributed by atoms with Gasteiger partial charge < -0.3 is 24.2 Å². The lowest BCUT2D eigenvalue weighted by Gasteiger charge is -2.36. The Hall–Kier alpha value is -3.11. The number of hydrogen-bond donors (Lipinski definition) is 0. The third-order valence-corrected chi connectivity index (χ3v) is 6.35. The number of amides is 3. The zero-order chi connectivity index (χ0) is 24.5. The highest BCUT2D eigenvalue weighted by Crippen LogP contribution is 2.27. The van der Waals surface area contributed by atoms with Gasteiger partial charge in [0, 0.05) is 38.6 Å². The minimum Gasteiger partial charge on any atom is -0.457 e. The standard InChI is InChI=1S/C23H33N5O6/c1-23(2,3)34-22(32)26-10-6-16(7-11-26)27-14-17-13-24-18(28(17)21(27)31)15-33-20(30)8-12-25-9-4-5-19(25)29/h13,16H,4-12,14-15H2,1-3H3. The fourth-order valence-corrected chi connectivity index (χ4v) is 4.60. The zero-order valence-corrected chi connectivity index (χ0v) is 20.1. The Morgan fingerprint density at radius 1 is 1.15 bits per heavy atom. The monoisotopic (exact) mass is 475 g/mol. The molecule has 0 aliphatic carbocycles. The first kappa shape index (κ1) is 24.0. The van der Waals surface area contributed by atoms with Crippen LogP contribution in [-0.4, -0.2) is 86.1 Å². The first-order valence-corrected chi connectivity index (χ1v) is 11.9. The lowest BCUT2D eigenvalue weighted by molar-refractivity contribution is -0.145. The number of hydrogen-bond acceptors (Lipinski definition) is 7. The Balaban J connectivity index is 1.26. The van der Waals surface area contributed by atoms with Gasteiger partial charge in [-0.05, 0) is 40.0 Å². The van der Waals surface area contributed by atoms with Gasteiger partial charge in [0.15, 0.2) is 5.82 Å². The molecule has 11 nitrogen and oxygen atoms in total. The quantitative estimate of drug-likeness (QED) is 0.579. The number of carbonyl (C=O) groups is 4. The molecule has 4 rings (SSSR count). The van der Waals surface area contributed by atoms with E-state index in [0.29, 0.717) is 57.8 Å². The van der Waals surface area contributed by atoms with Crippen molar-refractivity contribution in [3.8, 4) is 0 Å². The molecule has 0 aromatic carbocycles. The molecule has 0 radical (unpaired) electrons. The minimum atomic E-state index is -0.541. The molecule has 4 heterocycles. The molecule has 0 bridgehead atoms. The van der Waals surface area contributed by atoms with Gasteiger partial charge in [-0.25, -0.2) is 19.1 Å². The van der Waals surface area contributed by atoms with Crippen LogP contribution >= 0.6 is 0 Å². The van der Waals surface area contributed by atoms with E-state index >= 15 is 0 Å². The summed E-state index contributed by atoms with van der Waals surface area (Å²) in [6.07, 6.45) is 4.13. The van der Waals surface area contributed by atoms with Crippen LogP contribution in [0.3, 0.4) is 0 Å². The Labute approximate surface area is 199 Å². The van der Waals surface area contributed by atoms with Crippen molar-refractivity contribution in [2.24, 2.45) is 0 Å². The predicted molar refractivity (Wildman–Crippen MR) is 120 cm³/mol. The first-order valence-electron chi connectivity index (χ1n) is 11.9. The third-order valence-electron chi connectivity index (χ3n) is 6.35. The van der Waals surface area contributed by atoms with E-state index in [1.54, 1.807) is 20.9 Å². The predicted octanol–water partition coefficient (Wildman–Crippen LogP) is 2.12. The van der Waals surface area contributed by atoms with E-state index < -0.39 is 11.6 Å². The minimum absolute atomic E-state index is 0.0134. The lowest BCUT2D eigenvalue weighted by Crippen LogP contribution is -2.48. The van der Waals surface area contributed by atoms with Crippen LogP contribution in [0.4, 0.5) is 9.59 Å². The van der Waals surface area contributed by atoms with E-state index in [4.69, 9.17) is 9.47 Å². The van der Waals surface area contributed by atoms with Crippen molar-refractivity contribution in [3.63, 3.8) is 0 Å². The van der Waals surface area contributed by atoms with Crippen LogP contribution in [0, 0.1) is 0 Å². The number of fused-ring (bicyclic) bond motifs is 1. The topological polar surface area (TPSA) is 114 Å². The highest BCUT2D eigenvalue weighted by Gasteiger charge is 2.37. The van der Waals surface area contributed by atoms with Gasteiger partial charge in [-0.1, -0.05) is 0 Å². The van der Waals surface area contributed by atoms with Gasteiger partial charge in [-0.15, -0.1) is 0 Å². The van der Waals surface area contributed by atoms with E-state index in [2.05, 4.69) is 4.98 Å². The van der Waals surface area contributed by atoms with Crippen molar-refractivity contribution in [1.82, 2.24) is 24.3 Å². The van der Waals surface area contributed by atoms with Gasteiger partial charge in [-0.2, -0.15) is 0 Å². The molecule has 1 aromatic rings. The molecule has 186 valence electrons. The average Bonchev–Trinajstić information content (AvgIpc) is 3.46. The Bertz CT molecular complexity index is 960. The molecule has 2 fully saturated rings. The van der Waals surface area contributed by atoms with Crippen molar-refractivity contribution >= 4 is 24.0 Å². The molecule has 0 saturated carbocycles. The van der Waals surface area contributed by atoms with Gasteiger partial charge in [0.25, 0.3) is 0 Å². The molecule has 2 saturated heterocycles. The molecule has 0 unspecified atom stereocenters. The highest BCUT2D eigenvalue weighted by molar-refractivity contribution is 5.81. The molecule has 1 aromatic heterocycles. The fraction of sp³-hybridized carbons (Fsp3) is 0.696. The summed E-state index contributed by atoms with van der Waals surface area (Å²) in [5, 5.41) is 0. The third kappa shape index (κ3) is 5.34. The van der Waals surface area contributed by atoms with Crippen LogP contribution in [0.15, 0.2) is 6.20 Å². The van der Waals surface area contributed by atoms with Crippen molar-refractivity contribution < 1.29 is 28.7 Å². The van der Waals surface area contributed by atoms with Crippen LogP contribution in [0.5, 0.6) is 0 Å². The Morgan fingerprint density at radius 2 is 1.88 bits per heavy atom. The normalized spacial score (nSPS) is 19.1. The van der Waals surface area contributed by atoms with E-state index in [1.807, 2.05) is 20.8 Å². The summed E-state index contributed by atoms with van der Waals surface area (Å²) in [7, 11) is 0. The maximum Gasteiger partial charge on any atom is 0.410 e. The number of aromatic nitrogens is 2. The summed E-state index contributed by atoms with van der Waals surface area (Å²) in [5.41, 5.74) is 0.217. The number of imidazole rings is 1. The van der Waals surface area contributed by atoms with Crippen LogP contribution in [0.25, 0.3) is 0 Å². The first-order chi connectivity index (χ1) is 16.1. The SMILES string of the molecule is CC(C)(C)OC(=O)N1CCC(N2Cc3cnc(COC(=O)CCN4CCCC4=O)n3C2=O)CC1. The summed E-state index contributed by atoms with van der Waals surface area (Å²) in [4.78, 5) is 58.6. The highest BCUT2D eigenvalue weighted by atomic mass is 16.6. The van der Waals surface area contributed by atoms with E-state index in [9.17, 15) is 19.2 Å². The molecule has 3 aliphatic rings. The summed E-state index contributed by atoms with van der Waals surface area (Å²) < 4.78 is 12.3. The summed E-state index contributed by atoms with van der Waals surface area (Å²) in [5.74, 6) is 0.0367. The molecule has 0 spiro atoms. The molecule has 0 atom stereocenters. The zero-order valence-electron chi connectivity index (χ0n) is 20.1. The maximum atomic E-state index is 13.1. The number of esters is 1.